The van der Waals surface area contributed by atoms with Crippen LogP contribution in [0.5, 0.6) is 0 Å². The third kappa shape index (κ3) is 5.55. The minimum atomic E-state index is -4.69. The molecule has 3 aromatic rings. The van der Waals surface area contributed by atoms with Gasteiger partial charge < -0.3 is 0 Å². The van der Waals surface area contributed by atoms with E-state index in [1.165, 1.54) is 13.1 Å². The predicted octanol–water partition coefficient (Wildman–Crippen LogP) is 4.09. The SMILES string of the molecule is Cc1cnc(-c2cnc(C(F)(F)F)nc2)cc1CCC(=O)[C@@H]1C[C@@H](F)[C@H](C)N1S(=O)(=O)c1cncc(F)c1. The lowest BCUT2D eigenvalue weighted by atomic mass is 9.99. The number of alkyl halides is 4. The van der Waals surface area contributed by atoms with Crippen molar-refractivity contribution in [1.82, 2.24) is 24.2 Å². The highest BCUT2D eigenvalue weighted by Gasteiger charge is 2.48. The van der Waals surface area contributed by atoms with Crippen LogP contribution in [0.3, 0.4) is 0 Å². The van der Waals surface area contributed by atoms with Crippen molar-refractivity contribution in [3.8, 4) is 11.3 Å². The Kier molecular flexibility index (Phi) is 7.57. The number of pyridine rings is 2. The van der Waals surface area contributed by atoms with Crippen molar-refractivity contribution in [3.63, 3.8) is 0 Å². The van der Waals surface area contributed by atoms with Crippen LogP contribution in [0, 0.1) is 12.7 Å². The van der Waals surface area contributed by atoms with Gasteiger partial charge in [-0.15, -0.1) is 0 Å². The third-order valence-corrected chi connectivity index (χ3v) is 8.33. The number of halogens is 5. The molecule has 8 nitrogen and oxygen atoms in total. The lowest BCUT2D eigenvalue weighted by Crippen LogP contribution is -2.44. The molecule has 3 atom stereocenters. The van der Waals surface area contributed by atoms with Crippen molar-refractivity contribution in [2.24, 2.45) is 0 Å². The average molecular weight is 556 g/mol. The zero-order chi connectivity index (χ0) is 27.8. The maximum atomic E-state index is 14.6. The van der Waals surface area contributed by atoms with E-state index in [0.717, 1.165) is 35.2 Å². The molecule has 1 aliphatic heterocycles. The number of nitrogens with zero attached hydrogens (tertiary/aromatic N) is 5. The minimum absolute atomic E-state index is 0.138. The molecular weight excluding hydrogens is 533 g/mol. The molecule has 0 amide bonds. The maximum Gasteiger partial charge on any atom is 0.451 e. The Morgan fingerprint density at radius 2 is 1.76 bits per heavy atom. The maximum absolute atomic E-state index is 14.6. The van der Waals surface area contributed by atoms with E-state index in [-0.39, 0.29) is 30.5 Å². The zero-order valence-electron chi connectivity index (χ0n) is 20.2. The highest BCUT2D eigenvalue weighted by molar-refractivity contribution is 7.89. The van der Waals surface area contributed by atoms with E-state index < -0.39 is 56.8 Å². The van der Waals surface area contributed by atoms with E-state index in [0.29, 0.717) is 11.1 Å². The number of hydrogen-bond donors (Lipinski definition) is 0. The molecule has 0 radical (unpaired) electrons. The van der Waals surface area contributed by atoms with Gasteiger partial charge >= 0.3 is 6.18 Å². The Bertz CT molecular complexity index is 1450. The Balaban J connectivity index is 1.54. The first-order valence-electron chi connectivity index (χ1n) is 11.4. The summed E-state index contributed by atoms with van der Waals surface area (Å²) in [7, 11) is -4.42. The molecule has 1 fully saturated rings. The first-order chi connectivity index (χ1) is 17.8. The van der Waals surface area contributed by atoms with Crippen LogP contribution < -0.4 is 0 Å². The monoisotopic (exact) mass is 555 g/mol. The summed E-state index contributed by atoms with van der Waals surface area (Å²) in [5.74, 6) is -2.70. The highest BCUT2D eigenvalue weighted by Crippen LogP contribution is 2.34. The topological polar surface area (TPSA) is 106 Å². The Morgan fingerprint density at radius 1 is 1.08 bits per heavy atom. The van der Waals surface area contributed by atoms with Crippen molar-refractivity contribution in [2.75, 3.05) is 0 Å². The van der Waals surface area contributed by atoms with Crippen LogP contribution in [0.1, 0.15) is 36.7 Å². The standard InChI is InChI=1S/C24H22F5N5O3S/c1-13-8-31-20(16-9-32-23(33-10-16)24(27,28)29)5-15(13)3-4-22(35)21-7-19(26)14(2)34(21)38(36,37)18-6-17(25)11-30-12-18/h5-6,8-12,14,19,21H,3-4,7H2,1-2H3/t14-,19+,21-/m0/s1. The van der Waals surface area contributed by atoms with E-state index in [1.54, 1.807) is 13.0 Å². The van der Waals surface area contributed by atoms with Crippen molar-refractivity contribution < 1.29 is 35.2 Å². The van der Waals surface area contributed by atoms with Crippen LogP contribution in [0.15, 0.2) is 48.0 Å². The van der Waals surface area contributed by atoms with E-state index >= 15 is 0 Å². The predicted molar refractivity (Wildman–Crippen MR) is 124 cm³/mol. The Labute approximate surface area is 215 Å². The smallest absolute Gasteiger partial charge is 0.298 e. The molecular formula is C24H22F5N5O3S. The fourth-order valence-electron chi connectivity index (χ4n) is 4.30. The van der Waals surface area contributed by atoms with Crippen LogP contribution in [0.2, 0.25) is 0 Å². The van der Waals surface area contributed by atoms with Crippen molar-refractivity contribution in [1.29, 1.82) is 0 Å². The summed E-state index contributed by atoms with van der Waals surface area (Å²) in [4.78, 5) is 27.1. The number of hydrogen-bond acceptors (Lipinski definition) is 7. The fourth-order valence-corrected chi connectivity index (χ4v) is 6.10. The summed E-state index contributed by atoms with van der Waals surface area (Å²) in [6.45, 7) is 3.07. The first-order valence-corrected chi connectivity index (χ1v) is 12.9. The highest BCUT2D eigenvalue weighted by atomic mass is 32.2. The average Bonchev–Trinajstić information content (AvgIpc) is 3.17. The molecule has 1 aliphatic rings. The van der Waals surface area contributed by atoms with Gasteiger partial charge in [-0.05, 0) is 43.5 Å². The summed E-state index contributed by atoms with van der Waals surface area (Å²) in [6.07, 6.45) is -1.41. The molecule has 0 N–H and O–H groups in total. The zero-order valence-corrected chi connectivity index (χ0v) is 21.0. The summed E-state index contributed by atoms with van der Waals surface area (Å²) in [6, 6.07) is -0.101. The second-order valence-corrected chi connectivity index (χ2v) is 10.8. The second kappa shape index (κ2) is 10.4. The molecule has 0 saturated carbocycles. The van der Waals surface area contributed by atoms with Gasteiger partial charge in [-0.2, -0.15) is 17.5 Å². The summed E-state index contributed by atoms with van der Waals surface area (Å²) in [5, 5.41) is 0. The van der Waals surface area contributed by atoms with E-state index in [2.05, 4.69) is 19.9 Å². The number of carbonyl (C=O) groups excluding carboxylic acids is 1. The first kappa shape index (κ1) is 27.6. The number of rotatable bonds is 7. The molecule has 0 aliphatic carbocycles. The van der Waals surface area contributed by atoms with Gasteiger partial charge in [-0.1, -0.05) is 0 Å². The molecule has 0 bridgehead atoms. The van der Waals surface area contributed by atoms with Crippen molar-refractivity contribution in [2.45, 2.75) is 62.4 Å². The molecule has 38 heavy (non-hydrogen) atoms. The van der Waals surface area contributed by atoms with Gasteiger partial charge in [0.2, 0.25) is 15.8 Å². The molecule has 3 aromatic heterocycles. The van der Waals surface area contributed by atoms with Gasteiger partial charge in [-0.25, -0.2) is 27.2 Å². The normalized spacial score (nSPS) is 20.6. The van der Waals surface area contributed by atoms with Crippen molar-refractivity contribution >= 4 is 15.8 Å². The minimum Gasteiger partial charge on any atom is -0.298 e. The van der Waals surface area contributed by atoms with Gasteiger partial charge in [0.1, 0.15) is 16.9 Å². The van der Waals surface area contributed by atoms with Crippen LogP contribution in [0.25, 0.3) is 11.3 Å². The molecule has 0 spiro atoms. The van der Waals surface area contributed by atoms with E-state index in [4.69, 9.17) is 0 Å². The number of sulfonamides is 1. The Morgan fingerprint density at radius 3 is 2.39 bits per heavy atom. The van der Waals surface area contributed by atoms with Gasteiger partial charge in [0.05, 0.1) is 24.0 Å². The fraction of sp³-hybridized carbons (Fsp3) is 0.375. The number of aromatic nitrogens is 4. The number of Topliss-reactive ketones (excluding diaryl/α,β-unsaturated/α-hetero) is 1. The molecule has 0 aromatic carbocycles. The number of carbonyl (C=O) groups is 1. The van der Waals surface area contributed by atoms with Gasteiger partial charge in [-0.3, -0.25) is 14.8 Å². The van der Waals surface area contributed by atoms with Crippen LogP contribution in [-0.4, -0.2) is 56.7 Å². The molecule has 0 unspecified atom stereocenters. The molecule has 4 rings (SSSR count). The molecule has 1 saturated heterocycles. The van der Waals surface area contributed by atoms with Crippen LogP contribution in [0.4, 0.5) is 22.0 Å². The summed E-state index contributed by atoms with van der Waals surface area (Å²) in [5.41, 5.74) is 1.84. The van der Waals surface area contributed by atoms with Gasteiger partial charge in [0.15, 0.2) is 5.78 Å². The molecule has 4 heterocycles. The second-order valence-electron chi connectivity index (χ2n) is 8.94. The van der Waals surface area contributed by atoms with Gasteiger partial charge in [0, 0.05) is 43.2 Å². The summed E-state index contributed by atoms with van der Waals surface area (Å²) >= 11 is 0. The lowest BCUT2D eigenvalue weighted by Gasteiger charge is -2.26. The molecule has 202 valence electrons. The quantitative estimate of drug-likeness (QED) is 0.405. The summed E-state index contributed by atoms with van der Waals surface area (Å²) < 4.78 is 93.7. The largest absolute Gasteiger partial charge is 0.451 e. The van der Waals surface area contributed by atoms with Crippen LogP contribution >= 0.6 is 0 Å². The van der Waals surface area contributed by atoms with Gasteiger partial charge in [0.25, 0.3) is 0 Å². The van der Waals surface area contributed by atoms with Crippen molar-refractivity contribution in [3.05, 3.63) is 65.9 Å². The van der Waals surface area contributed by atoms with E-state index in [1.807, 2.05) is 0 Å². The lowest BCUT2D eigenvalue weighted by molar-refractivity contribution is -0.145. The van der Waals surface area contributed by atoms with Crippen LogP contribution in [-0.2, 0) is 27.4 Å². The molecule has 14 heteroatoms. The Hall–Kier alpha value is -3.39. The third-order valence-electron chi connectivity index (χ3n) is 6.36. The number of ketones is 1. The number of aryl methyl sites for hydroxylation is 2. The van der Waals surface area contributed by atoms with E-state index in [9.17, 15) is 35.2 Å².